The van der Waals surface area contributed by atoms with Gasteiger partial charge < -0.3 is 10.5 Å². The van der Waals surface area contributed by atoms with Crippen LogP contribution < -0.4 is 15.2 Å². The number of rotatable bonds is 7. The summed E-state index contributed by atoms with van der Waals surface area (Å²) in [7, 11) is -2.15. The summed E-state index contributed by atoms with van der Waals surface area (Å²) in [5.41, 5.74) is 6.50. The molecule has 20 heavy (non-hydrogen) atoms. The predicted octanol–water partition coefficient (Wildman–Crippen LogP) is 1.33. The fourth-order valence-corrected chi connectivity index (χ4v) is 3.08. The summed E-state index contributed by atoms with van der Waals surface area (Å²) in [6.07, 6.45) is 0. The average Bonchev–Trinajstić information content (AvgIpc) is 2.39. The molecular formula is C12H19N3O3S2. The quantitative estimate of drug-likeness (QED) is 0.741. The first kappa shape index (κ1) is 16.7. The zero-order chi connectivity index (χ0) is 15.3. The Bertz CT molecular complexity index is 584. The van der Waals surface area contributed by atoms with Crippen molar-refractivity contribution in [3.05, 3.63) is 23.8 Å². The second kappa shape index (κ2) is 6.87. The van der Waals surface area contributed by atoms with Crippen LogP contribution in [0.25, 0.3) is 0 Å². The van der Waals surface area contributed by atoms with Crippen molar-refractivity contribution in [3.8, 4) is 5.75 Å². The third kappa shape index (κ3) is 3.81. The predicted molar refractivity (Wildman–Crippen MR) is 84.3 cm³/mol. The number of thiocarbonyl (C=S) groups is 1. The van der Waals surface area contributed by atoms with Gasteiger partial charge in [0, 0.05) is 18.7 Å². The van der Waals surface area contributed by atoms with Crippen LogP contribution in [0.2, 0.25) is 0 Å². The Kier molecular flexibility index (Phi) is 5.73. The van der Waals surface area contributed by atoms with E-state index in [0.29, 0.717) is 30.1 Å². The second-order valence-corrected chi connectivity index (χ2v) is 6.08. The molecular weight excluding hydrogens is 298 g/mol. The fraction of sp³-hybridized carbons (Fsp3) is 0.417. The third-order valence-electron chi connectivity index (χ3n) is 2.77. The van der Waals surface area contributed by atoms with E-state index in [0.717, 1.165) is 0 Å². The smallest absolute Gasteiger partial charge is 0.301 e. The first-order valence-corrected chi connectivity index (χ1v) is 7.96. The van der Waals surface area contributed by atoms with Crippen molar-refractivity contribution in [2.45, 2.75) is 13.8 Å². The highest BCUT2D eigenvalue weighted by Crippen LogP contribution is 2.27. The van der Waals surface area contributed by atoms with E-state index in [2.05, 4.69) is 4.72 Å². The molecule has 0 bridgehead atoms. The fourth-order valence-electron chi connectivity index (χ4n) is 1.70. The molecule has 0 aliphatic heterocycles. The monoisotopic (exact) mass is 317 g/mol. The SMILES string of the molecule is CCN(CC)S(=O)(=O)Nc1ccc(C(N)=S)cc1OC. The maximum Gasteiger partial charge on any atom is 0.301 e. The number of ether oxygens (including phenoxy) is 1. The lowest BCUT2D eigenvalue weighted by atomic mass is 10.2. The van der Waals surface area contributed by atoms with Gasteiger partial charge in [0.15, 0.2) is 0 Å². The summed E-state index contributed by atoms with van der Waals surface area (Å²) in [4.78, 5) is 0.224. The number of hydrogen-bond acceptors (Lipinski definition) is 4. The van der Waals surface area contributed by atoms with Crippen LogP contribution in [0.4, 0.5) is 5.69 Å². The molecule has 0 unspecified atom stereocenters. The van der Waals surface area contributed by atoms with Gasteiger partial charge >= 0.3 is 10.2 Å². The van der Waals surface area contributed by atoms with Crippen LogP contribution in [-0.4, -0.2) is 37.9 Å². The van der Waals surface area contributed by atoms with Crippen molar-refractivity contribution >= 4 is 33.1 Å². The summed E-state index contributed by atoms with van der Waals surface area (Å²) in [5, 5.41) is 0. The lowest BCUT2D eigenvalue weighted by molar-refractivity contribution is 0.416. The van der Waals surface area contributed by atoms with Gasteiger partial charge in [-0.3, -0.25) is 4.72 Å². The molecule has 6 nitrogen and oxygen atoms in total. The molecule has 0 atom stereocenters. The first-order valence-electron chi connectivity index (χ1n) is 6.11. The molecule has 0 radical (unpaired) electrons. The van der Waals surface area contributed by atoms with Crippen LogP contribution in [0.5, 0.6) is 5.75 Å². The highest BCUT2D eigenvalue weighted by Gasteiger charge is 2.20. The van der Waals surface area contributed by atoms with Gasteiger partial charge in [-0.2, -0.15) is 12.7 Å². The molecule has 0 spiro atoms. The summed E-state index contributed by atoms with van der Waals surface area (Å²) in [6.45, 7) is 4.32. The maximum atomic E-state index is 12.2. The third-order valence-corrected chi connectivity index (χ3v) is 4.68. The molecule has 0 aliphatic rings. The number of nitrogens with two attached hydrogens (primary N) is 1. The minimum Gasteiger partial charge on any atom is -0.495 e. The lowest BCUT2D eigenvalue weighted by Crippen LogP contribution is -2.35. The Morgan fingerprint density at radius 3 is 2.45 bits per heavy atom. The zero-order valence-corrected chi connectivity index (χ0v) is 13.3. The second-order valence-electron chi connectivity index (χ2n) is 3.97. The van der Waals surface area contributed by atoms with E-state index in [9.17, 15) is 8.42 Å². The van der Waals surface area contributed by atoms with Gasteiger partial charge in [-0.25, -0.2) is 0 Å². The minimum atomic E-state index is -3.60. The summed E-state index contributed by atoms with van der Waals surface area (Å²) in [6, 6.07) is 4.82. The van der Waals surface area contributed by atoms with E-state index < -0.39 is 10.2 Å². The van der Waals surface area contributed by atoms with E-state index in [1.807, 2.05) is 0 Å². The van der Waals surface area contributed by atoms with Crippen LogP contribution in [-0.2, 0) is 10.2 Å². The van der Waals surface area contributed by atoms with Gasteiger partial charge in [0.2, 0.25) is 0 Å². The molecule has 1 rings (SSSR count). The standard InChI is InChI=1S/C12H19N3O3S2/c1-4-15(5-2)20(16,17)14-10-7-6-9(12(13)19)8-11(10)18-3/h6-8,14H,4-5H2,1-3H3,(H2,13,19). The molecule has 0 aliphatic carbocycles. The van der Waals surface area contributed by atoms with E-state index in [-0.39, 0.29) is 4.99 Å². The summed E-state index contributed by atoms with van der Waals surface area (Å²) >= 11 is 4.88. The van der Waals surface area contributed by atoms with Gasteiger partial charge in [0.25, 0.3) is 0 Å². The van der Waals surface area contributed by atoms with Crippen molar-refractivity contribution < 1.29 is 13.2 Å². The number of benzene rings is 1. The molecule has 112 valence electrons. The van der Waals surface area contributed by atoms with Crippen molar-refractivity contribution in [1.82, 2.24) is 4.31 Å². The summed E-state index contributed by atoms with van der Waals surface area (Å²) < 4.78 is 33.3. The molecule has 0 saturated carbocycles. The Morgan fingerprint density at radius 1 is 1.40 bits per heavy atom. The van der Waals surface area contributed by atoms with Crippen LogP contribution in [0.3, 0.4) is 0 Å². The number of nitrogens with zero attached hydrogens (tertiary/aromatic N) is 1. The van der Waals surface area contributed by atoms with E-state index in [1.165, 1.54) is 11.4 Å². The van der Waals surface area contributed by atoms with Gasteiger partial charge in [0.05, 0.1) is 12.8 Å². The minimum absolute atomic E-state index is 0.224. The van der Waals surface area contributed by atoms with Crippen LogP contribution in [0, 0.1) is 0 Å². The highest BCUT2D eigenvalue weighted by atomic mass is 32.2. The van der Waals surface area contributed by atoms with Crippen molar-refractivity contribution in [2.75, 3.05) is 24.9 Å². The van der Waals surface area contributed by atoms with Crippen LogP contribution in [0.1, 0.15) is 19.4 Å². The maximum absolute atomic E-state index is 12.2. The number of hydrogen-bond donors (Lipinski definition) is 2. The molecule has 0 saturated heterocycles. The van der Waals surface area contributed by atoms with Crippen LogP contribution >= 0.6 is 12.2 Å². The molecule has 8 heteroatoms. The molecule has 0 fully saturated rings. The zero-order valence-electron chi connectivity index (χ0n) is 11.7. The summed E-state index contributed by atoms with van der Waals surface area (Å²) in [5.74, 6) is 0.367. The largest absolute Gasteiger partial charge is 0.495 e. The van der Waals surface area contributed by atoms with Crippen molar-refractivity contribution in [2.24, 2.45) is 5.73 Å². The number of nitrogens with one attached hydrogen (secondary N) is 1. The van der Waals surface area contributed by atoms with Gasteiger partial charge in [-0.1, -0.05) is 26.1 Å². The normalized spacial score (nSPS) is 11.4. The van der Waals surface area contributed by atoms with Gasteiger partial charge in [0.1, 0.15) is 10.7 Å². The molecule has 1 aromatic rings. The molecule has 1 aromatic carbocycles. The molecule has 0 amide bonds. The molecule has 0 aromatic heterocycles. The van der Waals surface area contributed by atoms with Gasteiger partial charge in [-0.15, -0.1) is 0 Å². The Labute approximate surface area is 125 Å². The topological polar surface area (TPSA) is 84.7 Å². The van der Waals surface area contributed by atoms with E-state index in [4.69, 9.17) is 22.7 Å². The Balaban J connectivity index is 3.12. The Morgan fingerprint density at radius 2 is 2.00 bits per heavy atom. The Hall–Kier alpha value is -1.38. The number of methoxy groups -OCH3 is 1. The van der Waals surface area contributed by atoms with Gasteiger partial charge in [-0.05, 0) is 18.2 Å². The van der Waals surface area contributed by atoms with Crippen molar-refractivity contribution in [3.63, 3.8) is 0 Å². The number of anilines is 1. The molecule has 0 heterocycles. The first-order chi connectivity index (χ1) is 9.35. The highest BCUT2D eigenvalue weighted by molar-refractivity contribution is 7.90. The van der Waals surface area contributed by atoms with E-state index >= 15 is 0 Å². The molecule has 3 N–H and O–H groups in total. The van der Waals surface area contributed by atoms with Crippen molar-refractivity contribution in [1.29, 1.82) is 0 Å². The lowest BCUT2D eigenvalue weighted by Gasteiger charge is -2.20. The average molecular weight is 317 g/mol. The van der Waals surface area contributed by atoms with E-state index in [1.54, 1.807) is 32.0 Å². The van der Waals surface area contributed by atoms with Crippen LogP contribution in [0.15, 0.2) is 18.2 Å².